The van der Waals surface area contributed by atoms with Crippen LogP contribution in [-0.4, -0.2) is 34.4 Å². The standard InChI is InChI=1S/C19H14Cl2N4O7S/c1-2-13-16(21)22-19(24-33(30,31)12-5-3-4-10(8-12)25(28)29)23-17(13)32-11-6-7-15(20)14(9-11)18(26)27/h3-9H,2H2,1H3,(H,26,27)(H,22,23,24). The lowest BCUT2D eigenvalue weighted by molar-refractivity contribution is -0.385. The molecule has 14 heteroatoms. The maximum absolute atomic E-state index is 12.7. The van der Waals surface area contributed by atoms with Gasteiger partial charge in [-0.3, -0.25) is 10.1 Å². The third-order valence-corrected chi connectivity index (χ3v) is 6.19. The summed E-state index contributed by atoms with van der Waals surface area (Å²) in [4.78, 5) is 29.1. The Balaban J connectivity index is 1.99. The predicted molar refractivity (Wildman–Crippen MR) is 119 cm³/mol. The third kappa shape index (κ3) is 5.48. The molecule has 3 aromatic rings. The van der Waals surface area contributed by atoms with Gasteiger partial charge in [0.15, 0.2) is 0 Å². The maximum atomic E-state index is 12.7. The number of nitrogens with zero attached hydrogens (tertiary/aromatic N) is 3. The van der Waals surface area contributed by atoms with Gasteiger partial charge in [-0.2, -0.15) is 9.97 Å². The first-order valence-corrected chi connectivity index (χ1v) is 11.3. The summed E-state index contributed by atoms with van der Waals surface area (Å²) < 4.78 is 33.1. The zero-order chi connectivity index (χ0) is 24.3. The Morgan fingerprint density at radius 3 is 2.58 bits per heavy atom. The molecule has 0 unspecified atom stereocenters. The number of aromatic nitrogens is 2. The van der Waals surface area contributed by atoms with Gasteiger partial charge in [-0.15, -0.1) is 0 Å². The van der Waals surface area contributed by atoms with Gasteiger partial charge >= 0.3 is 5.97 Å². The van der Waals surface area contributed by atoms with Crippen LogP contribution in [0.25, 0.3) is 0 Å². The zero-order valence-corrected chi connectivity index (χ0v) is 19.0. The van der Waals surface area contributed by atoms with Crippen LogP contribution < -0.4 is 9.46 Å². The molecule has 0 saturated carbocycles. The van der Waals surface area contributed by atoms with E-state index in [1.807, 2.05) is 0 Å². The van der Waals surface area contributed by atoms with Crippen molar-refractivity contribution < 1.29 is 28.0 Å². The van der Waals surface area contributed by atoms with E-state index < -0.39 is 32.6 Å². The van der Waals surface area contributed by atoms with Crippen LogP contribution in [-0.2, 0) is 16.4 Å². The van der Waals surface area contributed by atoms with Gasteiger partial charge in [0.05, 0.1) is 26.0 Å². The van der Waals surface area contributed by atoms with Crippen LogP contribution in [0.4, 0.5) is 11.6 Å². The molecule has 0 aliphatic heterocycles. The molecule has 0 radical (unpaired) electrons. The lowest BCUT2D eigenvalue weighted by Crippen LogP contribution is -2.16. The smallest absolute Gasteiger partial charge is 0.337 e. The fourth-order valence-electron chi connectivity index (χ4n) is 2.65. The number of aromatic carboxylic acids is 1. The van der Waals surface area contributed by atoms with Crippen LogP contribution in [0.2, 0.25) is 10.2 Å². The molecule has 0 spiro atoms. The number of nitro benzene ring substituents is 1. The van der Waals surface area contributed by atoms with E-state index in [9.17, 15) is 28.4 Å². The van der Waals surface area contributed by atoms with Crippen molar-refractivity contribution in [3.05, 3.63) is 73.9 Å². The monoisotopic (exact) mass is 512 g/mol. The summed E-state index contributed by atoms with van der Waals surface area (Å²) in [5.74, 6) is -1.78. The largest absolute Gasteiger partial charge is 0.478 e. The van der Waals surface area contributed by atoms with E-state index in [0.29, 0.717) is 12.0 Å². The molecule has 11 nitrogen and oxygen atoms in total. The first-order valence-electron chi connectivity index (χ1n) is 9.06. The van der Waals surface area contributed by atoms with Crippen molar-refractivity contribution in [3.8, 4) is 11.6 Å². The number of nitrogens with one attached hydrogen (secondary N) is 1. The normalized spacial score (nSPS) is 11.1. The minimum absolute atomic E-state index is 0.00307. The molecular weight excluding hydrogens is 499 g/mol. The van der Waals surface area contributed by atoms with Gasteiger partial charge in [-0.25, -0.2) is 17.9 Å². The van der Waals surface area contributed by atoms with E-state index in [1.54, 1.807) is 6.92 Å². The summed E-state index contributed by atoms with van der Waals surface area (Å²) in [7, 11) is -4.31. The summed E-state index contributed by atoms with van der Waals surface area (Å²) in [6, 6.07) is 8.30. The van der Waals surface area contributed by atoms with Gasteiger partial charge < -0.3 is 9.84 Å². The minimum Gasteiger partial charge on any atom is -0.478 e. The number of carboxylic acid groups (broad SMARTS) is 1. The highest BCUT2D eigenvalue weighted by atomic mass is 35.5. The predicted octanol–water partition coefficient (Wildman–Crippen LogP) is 4.55. The van der Waals surface area contributed by atoms with E-state index in [1.165, 1.54) is 24.3 Å². The fraction of sp³-hybridized carbons (Fsp3) is 0.105. The Bertz CT molecular complexity index is 1370. The Morgan fingerprint density at radius 1 is 1.21 bits per heavy atom. The summed E-state index contributed by atoms with van der Waals surface area (Å²) in [5.41, 5.74) is -0.292. The first kappa shape index (κ1) is 24.2. The molecule has 1 heterocycles. The number of carboxylic acids is 1. The molecule has 0 bridgehead atoms. The van der Waals surface area contributed by atoms with Crippen LogP contribution in [0.15, 0.2) is 47.4 Å². The van der Waals surface area contributed by atoms with Gasteiger partial charge in [0.25, 0.3) is 15.7 Å². The van der Waals surface area contributed by atoms with Gasteiger partial charge in [-0.05, 0) is 30.7 Å². The second-order valence-electron chi connectivity index (χ2n) is 6.38. The SMILES string of the molecule is CCc1c(Cl)nc(NS(=O)(=O)c2cccc([N+](=O)[O-])c2)nc1Oc1ccc(Cl)c(C(=O)O)c1. The lowest BCUT2D eigenvalue weighted by atomic mass is 10.2. The van der Waals surface area contributed by atoms with E-state index in [4.69, 9.17) is 27.9 Å². The van der Waals surface area contributed by atoms with E-state index in [2.05, 4.69) is 14.7 Å². The van der Waals surface area contributed by atoms with Gasteiger partial charge in [-0.1, -0.05) is 36.2 Å². The number of carbonyl (C=O) groups is 1. The van der Waals surface area contributed by atoms with Crippen LogP contribution in [0, 0.1) is 10.1 Å². The number of non-ortho nitro benzene ring substituents is 1. The highest BCUT2D eigenvalue weighted by molar-refractivity contribution is 7.92. The number of sulfonamides is 1. The van der Waals surface area contributed by atoms with E-state index in [0.717, 1.165) is 18.2 Å². The molecule has 0 aliphatic rings. The number of rotatable bonds is 8. The minimum atomic E-state index is -4.31. The molecule has 2 aromatic carbocycles. The van der Waals surface area contributed by atoms with Crippen molar-refractivity contribution >= 4 is 50.8 Å². The average Bonchev–Trinajstić information content (AvgIpc) is 2.74. The quantitative estimate of drug-likeness (QED) is 0.250. The molecule has 0 atom stereocenters. The number of hydrogen-bond donors (Lipinski definition) is 2. The Morgan fingerprint density at radius 2 is 1.94 bits per heavy atom. The third-order valence-electron chi connectivity index (χ3n) is 4.22. The Hall–Kier alpha value is -3.48. The second kappa shape index (κ2) is 9.57. The molecule has 2 N–H and O–H groups in total. The highest BCUT2D eigenvalue weighted by Gasteiger charge is 2.22. The van der Waals surface area contributed by atoms with Crippen LogP contribution in [0.3, 0.4) is 0 Å². The van der Waals surface area contributed by atoms with E-state index >= 15 is 0 Å². The molecular formula is C19H14Cl2N4O7S. The van der Waals surface area contributed by atoms with Crippen LogP contribution >= 0.6 is 23.2 Å². The second-order valence-corrected chi connectivity index (χ2v) is 8.83. The molecule has 3 rings (SSSR count). The van der Waals surface area contributed by atoms with Crippen molar-refractivity contribution in [1.82, 2.24) is 9.97 Å². The molecule has 1 aromatic heterocycles. The highest BCUT2D eigenvalue weighted by Crippen LogP contribution is 2.32. The fourth-order valence-corrected chi connectivity index (χ4v) is 4.13. The summed E-state index contributed by atoms with van der Waals surface area (Å²) in [5, 5.41) is 20.1. The van der Waals surface area contributed by atoms with Crippen molar-refractivity contribution in [2.75, 3.05) is 4.72 Å². The zero-order valence-electron chi connectivity index (χ0n) is 16.7. The summed E-state index contributed by atoms with van der Waals surface area (Å²) in [6.45, 7) is 1.73. The van der Waals surface area contributed by atoms with Gasteiger partial charge in [0.2, 0.25) is 11.8 Å². The first-order chi connectivity index (χ1) is 15.5. The van der Waals surface area contributed by atoms with Crippen molar-refractivity contribution in [2.45, 2.75) is 18.2 Å². The average molecular weight is 513 g/mol. The molecule has 172 valence electrons. The van der Waals surface area contributed by atoms with Crippen molar-refractivity contribution in [1.29, 1.82) is 0 Å². The van der Waals surface area contributed by atoms with Gasteiger partial charge in [0.1, 0.15) is 10.9 Å². The molecule has 0 saturated heterocycles. The molecule has 0 aliphatic carbocycles. The van der Waals surface area contributed by atoms with Gasteiger partial charge in [0, 0.05) is 12.1 Å². The number of nitro groups is 1. The maximum Gasteiger partial charge on any atom is 0.337 e. The number of anilines is 1. The molecule has 0 amide bonds. The molecule has 33 heavy (non-hydrogen) atoms. The number of halogens is 2. The summed E-state index contributed by atoms with van der Waals surface area (Å²) in [6.07, 6.45) is 0.311. The Kier molecular flexibility index (Phi) is 7.01. The summed E-state index contributed by atoms with van der Waals surface area (Å²) >= 11 is 12.0. The van der Waals surface area contributed by atoms with E-state index in [-0.39, 0.29) is 32.3 Å². The van der Waals surface area contributed by atoms with Crippen LogP contribution in [0.5, 0.6) is 11.6 Å². The van der Waals surface area contributed by atoms with Crippen molar-refractivity contribution in [3.63, 3.8) is 0 Å². The molecule has 0 fully saturated rings. The lowest BCUT2D eigenvalue weighted by Gasteiger charge is -2.13. The topological polar surface area (TPSA) is 162 Å². The van der Waals surface area contributed by atoms with Crippen LogP contribution in [0.1, 0.15) is 22.8 Å². The Labute approximate surface area is 197 Å². The number of hydrogen-bond acceptors (Lipinski definition) is 8. The number of ether oxygens (including phenoxy) is 1. The number of benzene rings is 2. The van der Waals surface area contributed by atoms with Crippen molar-refractivity contribution in [2.24, 2.45) is 0 Å².